The molecule has 0 aliphatic heterocycles. The number of carbonyl (C=O) groups excluding carboxylic acids is 1. The van der Waals surface area contributed by atoms with E-state index in [9.17, 15) is 9.59 Å². The molecule has 1 aliphatic rings. The van der Waals surface area contributed by atoms with E-state index < -0.39 is 11.5 Å². The largest absolute Gasteiger partial charge is 0.489 e. The molecule has 0 unspecified atom stereocenters. The Balaban J connectivity index is 1.50. The summed E-state index contributed by atoms with van der Waals surface area (Å²) in [5, 5.41) is 18.7. The standard InChI is InChI=1S/C17H20N8O3/c1-23(2)17-12(28-9-11-3-4-11)7-16(27)24(22-17)8-15(26)19-13-5-6-14-20-18-10-25(14)21-13/h5-7,10-11H,3-4,8-9H2,1-2H3,(H,19,21,26). The Morgan fingerprint density at radius 2 is 2.14 bits per heavy atom. The first-order valence-corrected chi connectivity index (χ1v) is 8.89. The molecule has 11 nitrogen and oxygen atoms in total. The van der Waals surface area contributed by atoms with E-state index in [0.717, 1.165) is 17.5 Å². The van der Waals surface area contributed by atoms with Crippen LogP contribution in [0.5, 0.6) is 5.75 Å². The number of hydrogen-bond donors (Lipinski definition) is 1. The van der Waals surface area contributed by atoms with E-state index in [1.54, 1.807) is 31.1 Å². The molecule has 3 aromatic rings. The topological polar surface area (TPSA) is 120 Å². The van der Waals surface area contributed by atoms with Crippen molar-refractivity contribution in [2.75, 3.05) is 30.9 Å². The van der Waals surface area contributed by atoms with Gasteiger partial charge in [-0.15, -0.1) is 20.4 Å². The lowest BCUT2D eigenvalue weighted by Gasteiger charge is -2.17. The summed E-state index contributed by atoms with van der Waals surface area (Å²) in [4.78, 5) is 26.5. The van der Waals surface area contributed by atoms with E-state index >= 15 is 0 Å². The normalized spacial score (nSPS) is 13.5. The van der Waals surface area contributed by atoms with E-state index in [1.807, 2.05) is 0 Å². The summed E-state index contributed by atoms with van der Waals surface area (Å²) in [6, 6.07) is 4.66. The van der Waals surface area contributed by atoms with Crippen molar-refractivity contribution in [2.45, 2.75) is 19.4 Å². The van der Waals surface area contributed by atoms with Crippen LogP contribution in [0.4, 0.5) is 11.6 Å². The summed E-state index contributed by atoms with van der Waals surface area (Å²) in [6.07, 6.45) is 3.73. The summed E-state index contributed by atoms with van der Waals surface area (Å²) < 4.78 is 8.29. The maximum atomic E-state index is 12.4. The second kappa shape index (κ2) is 7.25. The number of nitrogens with zero attached hydrogens (tertiary/aromatic N) is 7. The van der Waals surface area contributed by atoms with Crippen LogP contribution in [0.1, 0.15) is 12.8 Å². The number of carbonyl (C=O) groups is 1. The van der Waals surface area contributed by atoms with Gasteiger partial charge >= 0.3 is 0 Å². The average Bonchev–Trinajstić information content (AvgIpc) is 3.37. The highest BCUT2D eigenvalue weighted by Gasteiger charge is 2.23. The van der Waals surface area contributed by atoms with Gasteiger partial charge < -0.3 is 15.0 Å². The third kappa shape index (κ3) is 3.92. The van der Waals surface area contributed by atoms with Gasteiger partial charge in [-0.3, -0.25) is 9.59 Å². The lowest BCUT2D eigenvalue weighted by atomic mass is 10.4. The lowest BCUT2D eigenvalue weighted by Crippen LogP contribution is -2.31. The van der Waals surface area contributed by atoms with Crippen molar-refractivity contribution in [1.29, 1.82) is 0 Å². The van der Waals surface area contributed by atoms with Crippen molar-refractivity contribution in [3.8, 4) is 5.75 Å². The number of nitrogens with one attached hydrogen (secondary N) is 1. The van der Waals surface area contributed by atoms with Crippen LogP contribution < -0.4 is 20.5 Å². The first kappa shape index (κ1) is 17.9. The van der Waals surface area contributed by atoms with E-state index in [-0.39, 0.29) is 6.54 Å². The Hall–Kier alpha value is -3.50. The van der Waals surface area contributed by atoms with Crippen LogP contribution >= 0.6 is 0 Å². The summed E-state index contributed by atoms with van der Waals surface area (Å²) in [5.41, 5.74) is 0.155. The van der Waals surface area contributed by atoms with Crippen LogP contribution in [-0.2, 0) is 11.3 Å². The quantitative estimate of drug-likeness (QED) is 0.612. The minimum Gasteiger partial charge on any atom is -0.489 e. The lowest BCUT2D eigenvalue weighted by molar-refractivity contribution is -0.117. The molecule has 1 N–H and O–H groups in total. The molecule has 1 amide bonds. The van der Waals surface area contributed by atoms with Crippen molar-refractivity contribution < 1.29 is 9.53 Å². The summed E-state index contributed by atoms with van der Waals surface area (Å²) in [5.74, 6) is 1.38. The van der Waals surface area contributed by atoms with Crippen LogP contribution in [0.2, 0.25) is 0 Å². The molecule has 11 heteroatoms. The fourth-order valence-corrected chi connectivity index (χ4v) is 2.60. The predicted molar refractivity (Wildman–Crippen MR) is 100 cm³/mol. The number of aromatic nitrogens is 6. The summed E-state index contributed by atoms with van der Waals surface area (Å²) in [7, 11) is 3.61. The molecule has 146 valence electrons. The van der Waals surface area contributed by atoms with Crippen LogP contribution in [0, 0.1) is 5.92 Å². The third-order valence-corrected chi connectivity index (χ3v) is 4.26. The minimum atomic E-state index is -0.425. The van der Waals surface area contributed by atoms with Gasteiger partial charge in [0.25, 0.3) is 5.56 Å². The van der Waals surface area contributed by atoms with Gasteiger partial charge in [-0.25, -0.2) is 4.68 Å². The number of fused-ring (bicyclic) bond motifs is 1. The molecule has 1 fully saturated rings. The molecule has 28 heavy (non-hydrogen) atoms. The van der Waals surface area contributed by atoms with Gasteiger partial charge in [-0.05, 0) is 30.9 Å². The van der Waals surface area contributed by atoms with Gasteiger partial charge in [0, 0.05) is 14.1 Å². The second-order valence-electron chi connectivity index (χ2n) is 6.88. The van der Waals surface area contributed by atoms with E-state index in [0.29, 0.717) is 35.6 Å². The van der Waals surface area contributed by atoms with Crippen molar-refractivity contribution in [1.82, 2.24) is 29.6 Å². The minimum absolute atomic E-state index is 0.246. The highest BCUT2D eigenvalue weighted by molar-refractivity contribution is 5.89. The zero-order chi connectivity index (χ0) is 19.7. The fourth-order valence-electron chi connectivity index (χ4n) is 2.60. The van der Waals surface area contributed by atoms with E-state index in [1.165, 1.54) is 16.9 Å². The molecule has 3 aromatic heterocycles. The molecule has 0 saturated heterocycles. The molecule has 0 bridgehead atoms. The molecule has 0 atom stereocenters. The Labute approximate surface area is 159 Å². The molecule has 3 heterocycles. The number of amides is 1. The van der Waals surface area contributed by atoms with Gasteiger partial charge in [-0.2, -0.15) is 4.52 Å². The average molecular weight is 384 g/mol. The molecular weight excluding hydrogens is 364 g/mol. The van der Waals surface area contributed by atoms with Crippen LogP contribution in [0.25, 0.3) is 5.65 Å². The molecule has 4 rings (SSSR count). The predicted octanol–water partition coefficient (Wildman–Crippen LogP) is 0.174. The number of ether oxygens (including phenoxy) is 1. The van der Waals surface area contributed by atoms with Crippen molar-refractivity contribution >= 4 is 23.2 Å². The molecular formula is C17H20N8O3. The first-order valence-electron chi connectivity index (χ1n) is 8.89. The molecule has 0 radical (unpaired) electrons. The van der Waals surface area contributed by atoms with Gasteiger partial charge in [-0.1, -0.05) is 0 Å². The zero-order valence-electron chi connectivity index (χ0n) is 15.6. The fraction of sp³-hybridized carbons (Fsp3) is 0.412. The Bertz CT molecular complexity index is 1070. The van der Waals surface area contributed by atoms with E-state index in [2.05, 4.69) is 25.7 Å². The highest BCUT2D eigenvalue weighted by Crippen LogP contribution is 2.31. The molecule has 0 spiro atoms. The maximum absolute atomic E-state index is 12.4. The monoisotopic (exact) mass is 384 g/mol. The smallest absolute Gasteiger partial charge is 0.271 e. The Morgan fingerprint density at radius 1 is 1.32 bits per heavy atom. The Morgan fingerprint density at radius 3 is 2.89 bits per heavy atom. The SMILES string of the molecule is CN(C)c1nn(CC(=O)Nc2ccc3nncn3n2)c(=O)cc1OCC1CC1. The summed E-state index contributed by atoms with van der Waals surface area (Å²) >= 11 is 0. The van der Waals surface area contributed by atoms with Gasteiger partial charge in [0.1, 0.15) is 12.9 Å². The molecule has 0 aromatic carbocycles. The van der Waals surface area contributed by atoms with Crippen molar-refractivity contribution in [2.24, 2.45) is 5.92 Å². The first-order chi connectivity index (χ1) is 13.5. The third-order valence-electron chi connectivity index (χ3n) is 4.26. The molecule has 1 aliphatic carbocycles. The van der Waals surface area contributed by atoms with Crippen LogP contribution in [-0.4, -0.2) is 56.2 Å². The highest BCUT2D eigenvalue weighted by atomic mass is 16.5. The van der Waals surface area contributed by atoms with Crippen molar-refractivity contribution in [3.63, 3.8) is 0 Å². The zero-order valence-corrected chi connectivity index (χ0v) is 15.6. The summed E-state index contributed by atoms with van der Waals surface area (Å²) in [6.45, 7) is 0.328. The van der Waals surface area contributed by atoms with E-state index in [4.69, 9.17) is 4.74 Å². The second-order valence-corrected chi connectivity index (χ2v) is 6.88. The van der Waals surface area contributed by atoms with Gasteiger partial charge in [0.15, 0.2) is 23.0 Å². The van der Waals surface area contributed by atoms with Crippen LogP contribution in [0.15, 0.2) is 29.3 Å². The van der Waals surface area contributed by atoms with Gasteiger partial charge in [0.2, 0.25) is 5.91 Å². The van der Waals surface area contributed by atoms with Crippen LogP contribution in [0.3, 0.4) is 0 Å². The molecule has 1 saturated carbocycles. The number of anilines is 2. The number of hydrogen-bond acceptors (Lipinski definition) is 8. The number of rotatable bonds is 7. The van der Waals surface area contributed by atoms with Crippen molar-refractivity contribution in [3.05, 3.63) is 34.9 Å². The maximum Gasteiger partial charge on any atom is 0.271 e. The Kier molecular flexibility index (Phi) is 4.63. The van der Waals surface area contributed by atoms with Gasteiger partial charge in [0.05, 0.1) is 12.7 Å².